The molecule has 0 aromatic carbocycles. The van der Waals surface area contributed by atoms with Gasteiger partial charge in [-0.05, 0) is 26.2 Å². The monoisotopic (exact) mass is 744 g/mol. The molecule has 0 aliphatic carbocycles. The van der Waals surface area contributed by atoms with Gasteiger partial charge in [-0.3, -0.25) is 0 Å². The number of hydrogen-bond acceptors (Lipinski definition) is 12. The molecule has 2 radical (unpaired) electrons. The van der Waals surface area contributed by atoms with E-state index < -0.39 is 0 Å². The van der Waals surface area contributed by atoms with E-state index in [0.717, 1.165) is 0 Å². The van der Waals surface area contributed by atoms with E-state index in [9.17, 15) is 0 Å². The summed E-state index contributed by atoms with van der Waals surface area (Å²) in [6.45, 7) is 4.93. The molecule has 8 nitrogen and oxygen atoms in total. The Kier molecular flexibility index (Phi) is 214. The predicted molar refractivity (Wildman–Crippen MR) is 121 cm³/mol. The molecule has 0 saturated carbocycles. The first-order chi connectivity index (χ1) is 11.5. The third-order valence-electron chi connectivity index (χ3n) is 0.805. The molecule has 0 atom stereocenters. The Morgan fingerprint density at radius 1 is 0.333 bits per heavy atom. The van der Waals surface area contributed by atoms with Crippen LogP contribution in [-0.2, 0) is 112 Å². The Hall–Kier alpha value is 3.03. The van der Waals surface area contributed by atoms with Crippen LogP contribution in [0.25, 0.3) is 0 Å². The quantitative estimate of drug-likeness (QED) is 0.0963. The molecule has 0 aliphatic rings. The molecular formula is C12H40Co2HgN8S4-2. The van der Waals surface area contributed by atoms with E-state index in [1.54, 1.807) is 0 Å². The van der Waals surface area contributed by atoms with E-state index >= 15 is 0 Å². The van der Waals surface area contributed by atoms with Gasteiger partial charge in [-0.1, -0.05) is 0 Å². The third kappa shape index (κ3) is 260. The van der Waals surface area contributed by atoms with Crippen LogP contribution in [0, 0.1) is 0 Å². The molecule has 174 valence electrons. The van der Waals surface area contributed by atoms with Gasteiger partial charge in [0.1, 0.15) is 0 Å². The average Bonchev–Trinajstić information content (AvgIpc) is 2.68. The molecule has 15 heteroatoms. The Morgan fingerprint density at radius 3 is 0.407 bits per heavy atom. The standard InChI is InChI=1S/2C2H8N2.4C2H7NS.2Co.Hg/c6*3-1-2-4;;;/h2*1-4H2;4*4H,1-3H2;;;/q;;;;;;;;+2/p-4. The van der Waals surface area contributed by atoms with E-state index in [0.29, 0.717) is 75.4 Å². The first-order valence-corrected chi connectivity index (χ1v) is 9.73. The SMILES string of the molecule is NCCN.NCCN.NCC[S-].NCC[S-].NCC[S-].NCC[S-].[Co].[Co].[Hg+2]. The van der Waals surface area contributed by atoms with Gasteiger partial charge in [-0.15, -0.1) is 0 Å². The fourth-order valence-electron chi connectivity index (χ4n) is 0. The van der Waals surface area contributed by atoms with Crippen LogP contribution in [0.4, 0.5) is 0 Å². The molecule has 27 heavy (non-hydrogen) atoms. The average molecular weight is 743 g/mol. The van der Waals surface area contributed by atoms with Crippen molar-refractivity contribution in [3.8, 4) is 0 Å². The van der Waals surface area contributed by atoms with Crippen molar-refractivity contribution in [2.45, 2.75) is 0 Å². The summed E-state index contributed by atoms with van der Waals surface area (Å²) in [4.78, 5) is 0. The molecule has 0 aromatic rings. The maximum Gasteiger partial charge on any atom is 2.00 e. The number of hydrogen-bond donors (Lipinski definition) is 8. The van der Waals surface area contributed by atoms with Gasteiger partial charge in [-0.25, -0.2) is 0 Å². The zero-order chi connectivity index (χ0) is 20.5. The fraction of sp³-hybridized carbons (Fsp3) is 1.00. The van der Waals surface area contributed by atoms with Gasteiger partial charge in [0, 0.05) is 59.7 Å². The second-order valence-corrected chi connectivity index (χ2v) is 4.76. The van der Waals surface area contributed by atoms with Gasteiger partial charge in [0.05, 0.1) is 0 Å². The maximum atomic E-state index is 4.92. The van der Waals surface area contributed by atoms with Crippen LogP contribution in [0.2, 0.25) is 0 Å². The topological polar surface area (TPSA) is 208 Å². The molecule has 0 bridgehead atoms. The van der Waals surface area contributed by atoms with Crippen LogP contribution in [0.15, 0.2) is 0 Å². The van der Waals surface area contributed by atoms with E-state index in [2.05, 4.69) is 50.5 Å². The Morgan fingerprint density at radius 2 is 0.407 bits per heavy atom. The minimum Gasteiger partial charge on any atom is -0.791 e. The molecule has 16 N–H and O–H groups in total. The van der Waals surface area contributed by atoms with Crippen molar-refractivity contribution in [3.63, 3.8) is 0 Å². The number of rotatable bonds is 6. The molecule has 0 amide bonds. The Bertz CT molecular complexity index is 94.4. The summed E-state index contributed by atoms with van der Waals surface area (Å²) in [6.07, 6.45) is 0. The van der Waals surface area contributed by atoms with Gasteiger partial charge in [-0.2, -0.15) is 23.0 Å². The Balaban J connectivity index is -0.0000000201. The maximum absolute atomic E-state index is 4.92. The Labute approximate surface area is 230 Å². The molecule has 0 aliphatic heterocycles. The molecule has 0 unspecified atom stereocenters. The van der Waals surface area contributed by atoms with Crippen LogP contribution in [-0.4, -0.2) is 75.4 Å². The van der Waals surface area contributed by atoms with E-state index in [-0.39, 0.29) is 61.2 Å². The molecular weight excluding hydrogens is 703 g/mol. The largest absolute Gasteiger partial charge is 2.00 e. The van der Waals surface area contributed by atoms with Crippen molar-refractivity contribution in [2.75, 3.05) is 75.4 Å². The predicted octanol–water partition coefficient (Wildman–Crippen LogP) is -4.23. The van der Waals surface area contributed by atoms with E-state index in [1.165, 1.54) is 0 Å². The summed E-state index contributed by atoms with van der Waals surface area (Å²) in [7, 11) is 0. The van der Waals surface area contributed by atoms with Crippen LogP contribution >= 0.6 is 0 Å². The van der Waals surface area contributed by atoms with Crippen molar-refractivity contribution >= 4 is 50.5 Å². The second kappa shape index (κ2) is 101. The summed E-state index contributed by atoms with van der Waals surface area (Å²) in [6, 6.07) is 0. The summed E-state index contributed by atoms with van der Waals surface area (Å²) in [5.74, 6) is 2.72. The smallest absolute Gasteiger partial charge is 0.791 e. The molecule has 0 rings (SSSR count). The van der Waals surface area contributed by atoms with Crippen LogP contribution in [0.1, 0.15) is 0 Å². The minimum atomic E-state index is 0. The van der Waals surface area contributed by atoms with Gasteiger partial charge in [0.15, 0.2) is 0 Å². The zero-order valence-corrected chi connectivity index (χ0v) is 27.0. The molecule has 0 aromatic heterocycles. The fourth-order valence-corrected chi connectivity index (χ4v) is 0. The summed E-state index contributed by atoms with van der Waals surface area (Å²) < 4.78 is 0. The molecule has 0 fully saturated rings. The van der Waals surface area contributed by atoms with Crippen molar-refractivity contribution in [1.29, 1.82) is 0 Å². The van der Waals surface area contributed by atoms with Crippen LogP contribution in [0.5, 0.6) is 0 Å². The second-order valence-electron chi connectivity index (χ2n) is 3.13. The first kappa shape index (κ1) is 57.2. The van der Waals surface area contributed by atoms with E-state index in [1.807, 2.05) is 0 Å². The van der Waals surface area contributed by atoms with Crippen molar-refractivity contribution in [1.82, 2.24) is 0 Å². The summed E-state index contributed by atoms with van der Waals surface area (Å²) in [5.41, 5.74) is 39.3. The molecule has 0 spiro atoms. The van der Waals surface area contributed by atoms with Gasteiger partial charge >= 0.3 is 27.7 Å². The third-order valence-corrected chi connectivity index (χ3v) is 1.75. The van der Waals surface area contributed by atoms with E-state index in [4.69, 9.17) is 45.9 Å². The number of nitrogens with two attached hydrogens (primary N) is 8. The van der Waals surface area contributed by atoms with Gasteiger partial charge in [0.25, 0.3) is 0 Å². The molecule has 0 saturated heterocycles. The van der Waals surface area contributed by atoms with Crippen molar-refractivity contribution in [2.24, 2.45) is 45.9 Å². The van der Waals surface area contributed by atoms with Crippen LogP contribution < -0.4 is 45.9 Å². The van der Waals surface area contributed by atoms with Crippen molar-refractivity contribution in [3.05, 3.63) is 0 Å². The van der Waals surface area contributed by atoms with Crippen LogP contribution in [0.3, 0.4) is 0 Å². The normalized spacial score (nSPS) is 6.67. The summed E-state index contributed by atoms with van der Waals surface area (Å²) in [5, 5.41) is 0. The first-order valence-electron chi connectivity index (χ1n) is 7.42. The van der Waals surface area contributed by atoms with Crippen molar-refractivity contribution < 1.29 is 61.2 Å². The minimum absolute atomic E-state index is 0. The van der Waals surface area contributed by atoms with Gasteiger partial charge in [0.2, 0.25) is 0 Å². The zero-order valence-electron chi connectivity index (χ0n) is 16.1. The summed E-state index contributed by atoms with van der Waals surface area (Å²) >= 11 is 17.7. The molecule has 0 heterocycles. The van der Waals surface area contributed by atoms with Gasteiger partial charge < -0.3 is 96.4 Å².